The predicted molar refractivity (Wildman–Crippen MR) is 76.2 cm³/mol. The first-order valence-corrected chi connectivity index (χ1v) is 6.77. The summed E-state index contributed by atoms with van der Waals surface area (Å²) >= 11 is 0. The van der Waals surface area contributed by atoms with Crippen molar-refractivity contribution in [3.63, 3.8) is 0 Å². The number of hydrogen-bond donors (Lipinski definition) is 2. The van der Waals surface area contributed by atoms with Gasteiger partial charge in [0, 0.05) is 37.2 Å². The van der Waals surface area contributed by atoms with Crippen molar-refractivity contribution in [2.45, 2.75) is 12.6 Å². The number of halogens is 3. The van der Waals surface area contributed by atoms with Crippen LogP contribution in [0, 0.1) is 5.92 Å². The normalized spacial score (nSPS) is 12.9. The summed E-state index contributed by atoms with van der Waals surface area (Å²) in [5.74, 6) is -0.0273. The summed E-state index contributed by atoms with van der Waals surface area (Å²) < 4.78 is 37.8. The minimum atomic E-state index is -4.40. The van der Waals surface area contributed by atoms with Crippen molar-refractivity contribution in [1.82, 2.24) is 9.97 Å². The van der Waals surface area contributed by atoms with E-state index in [9.17, 15) is 18.3 Å². The maximum atomic E-state index is 12.6. The molecule has 4 nitrogen and oxygen atoms in total. The van der Waals surface area contributed by atoms with Gasteiger partial charge in [-0.2, -0.15) is 13.2 Å². The minimum Gasteiger partial charge on any atom is -0.396 e. The third-order valence-corrected chi connectivity index (χ3v) is 3.14. The summed E-state index contributed by atoms with van der Waals surface area (Å²) in [7, 11) is 0. The maximum absolute atomic E-state index is 12.6. The Kier molecular flexibility index (Phi) is 5.32. The molecule has 22 heavy (non-hydrogen) atoms. The van der Waals surface area contributed by atoms with Gasteiger partial charge in [0.15, 0.2) is 0 Å². The highest BCUT2D eigenvalue weighted by Crippen LogP contribution is 2.29. The number of pyridine rings is 2. The Hall–Kier alpha value is -2.15. The highest BCUT2D eigenvalue weighted by Gasteiger charge is 2.30. The lowest BCUT2D eigenvalue weighted by Gasteiger charge is -2.15. The van der Waals surface area contributed by atoms with E-state index in [1.807, 2.05) is 12.1 Å². The quantitative estimate of drug-likeness (QED) is 0.861. The average Bonchev–Trinajstić information content (AvgIpc) is 2.52. The molecule has 0 aliphatic rings. The Balaban J connectivity index is 1.96. The molecule has 2 N–H and O–H groups in total. The molecule has 2 heterocycles. The summed E-state index contributed by atoms with van der Waals surface area (Å²) in [5.41, 5.74) is 0.0654. The van der Waals surface area contributed by atoms with Crippen LogP contribution in [-0.2, 0) is 12.6 Å². The van der Waals surface area contributed by atoms with Gasteiger partial charge in [0.05, 0.1) is 5.56 Å². The molecule has 2 aromatic heterocycles. The van der Waals surface area contributed by atoms with E-state index < -0.39 is 11.7 Å². The highest BCUT2D eigenvalue weighted by atomic mass is 19.4. The highest BCUT2D eigenvalue weighted by molar-refractivity contribution is 5.38. The fraction of sp³-hybridized carbons (Fsp3) is 0.333. The van der Waals surface area contributed by atoms with Gasteiger partial charge in [0.25, 0.3) is 0 Å². The SMILES string of the molecule is OCC(CNc1cc(C(F)(F)F)ccn1)Cc1ccccn1. The van der Waals surface area contributed by atoms with E-state index in [-0.39, 0.29) is 18.3 Å². The van der Waals surface area contributed by atoms with Crippen LogP contribution >= 0.6 is 0 Å². The van der Waals surface area contributed by atoms with E-state index in [2.05, 4.69) is 15.3 Å². The van der Waals surface area contributed by atoms with Gasteiger partial charge in [0.1, 0.15) is 5.82 Å². The second-order valence-corrected chi connectivity index (χ2v) is 4.88. The molecule has 0 aromatic carbocycles. The zero-order chi connectivity index (χ0) is 16.0. The molecule has 0 radical (unpaired) electrons. The summed E-state index contributed by atoms with van der Waals surface area (Å²) in [6.07, 6.45) is -1.10. The van der Waals surface area contributed by atoms with Crippen molar-refractivity contribution < 1.29 is 18.3 Å². The first-order chi connectivity index (χ1) is 10.5. The number of nitrogens with zero attached hydrogens (tertiary/aromatic N) is 2. The summed E-state index contributed by atoms with van der Waals surface area (Å²) in [4.78, 5) is 8.02. The number of anilines is 1. The van der Waals surface area contributed by atoms with Crippen molar-refractivity contribution in [3.8, 4) is 0 Å². The predicted octanol–water partition coefficient (Wildman–Crippen LogP) is 2.76. The molecule has 0 bridgehead atoms. The van der Waals surface area contributed by atoms with Gasteiger partial charge in [-0.15, -0.1) is 0 Å². The molecular weight excluding hydrogens is 295 g/mol. The van der Waals surface area contributed by atoms with Crippen molar-refractivity contribution in [2.24, 2.45) is 5.92 Å². The molecule has 0 saturated carbocycles. The maximum Gasteiger partial charge on any atom is 0.416 e. The number of aromatic nitrogens is 2. The molecule has 0 fully saturated rings. The van der Waals surface area contributed by atoms with Crippen LogP contribution in [0.15, 0.2) is 42.7 Å². The standard InChI is InChI=1S/C15H16F3N3O/c16-15(17,18)12-4-6-20-14(8-12)21-9-11(10-22)7-13-3-1-2-5-19-13/h1-6,8,11,22H,7,9-10H2,(H,20,21). The Morgan fingerprint density at radius 2 is 1.95 bits per heavy atom. The van der Waals surface area contributed by atoms with Crippen molar-refractivity contribution in [1.29, 1.82) is 0 Å². The average molecular weight is 311 g/mol. The summed E-state index contributed by atoms with van der Waals surface area (Å²) in [6.45, 7) is 0.212. The Morgan fingerprint density at radius 3 is 2.59 bits per heavy atom. The Morgan fingerprint density at radius 1 is 1.14 bits per heavy atom. The van der Waals surface area contributed by atoms with E-state index >= 15 is 0 Å². The van der Waals surface area contributed by atoms with Crippen molar-refractivity contribution in [2.75, 3.05) is 18.5 Å². The smallest absolute Gasteiger partial charge is 0.396 e. The van der Waals surface area contributed by atoms with Crippen LogP contribution in [0.4, 0.5) is 19.0 Å². The molecule has 0 amide bonds. The van der Waals surface area contributed by atoms with Gasteiger partial charge in [-0.05, 0) is 30.7 Å². The van der Waals surface area contributed by atoms with Crippen LogP contribution in [0.25, 0.3) is 0 Å². The fourth-order valence-electron chi connectivity index (χ4n) is 1.97. The molecule has 7 heteroatoms. The van der Waals surface area contributed by atoms with E-state index in [1.165, 1.54) is 0 Å². The number of alkyl halides is 3. The lowest BCUT2D eigenvalue weighted by atomic mass is 10.0. The van der Waals surface area contributed by atoms with E-state index in [4.69, 9.17) is 0 Å². The first kappa shape index (κ1) is 16.2. The molecule has 0 aliphatic heterocycles. The van der Waals surface area contributed by atoms with Crippen LogP contribution in [0.2, 0.25) is 0 Å². The summed E-state index contributed by atoms with van der Waals surface area (Å²) in [6, 6.07) is 7.35. The molecule has 2 rings (SSSR count). The molecule has 0 aliphatic carbocycles. The number of nitrogens with one attached hydrogen (secondary N) is 1. The lowest BCUT2D eigenvalue weighted by Crippen LogP contribution is -2.21. The molecule has 1 unspecified atom stereocenters. The lowest BCUT2D eigenvalue weighted by molar-refractivity contribution is -0.137. The van der Waals surface area contributed by atoms with Gasteiger partial charge in [-0.3, -0.25) is 4.98 Å². The number of rotatable bonds is 6. The topological polar surface area (TPSA) is 58.0 Å². The van der Waals surface area contributed by atoms with Crippen LogP contribution in [0.3, 0.4) is 0 Å². The second kappa shape index (κ2) is 7.22. The third kappa shape index (κ3) is 4.70. The van der Waals surface area contributed by atoms with Gasteiger partial charge in [0.2, 0.25) is 0 Å². The number of hydrogen-bond acceptors (Lipinski definition) is 4. The molecule has 0 saturated heterocycles. The monoisotopic (exact) mass is 311 g/mol. The molecular formula is C15H16F3N3O. The Bertz CT molecular complexity index is 590. The molecule has 2 aromatic rings. The number of aliphatic hydroxyl groups excluding tert-OH is 1. The van der Waals surface area contributed by atoms with Gasteiger partial charge in [-0.1, -0.05) is 6.07 Å². The third-order valence-electron chi connectivity index (χ3n) is 3.14. The molecule has 1 atom stereocenters. The van der Waals surface area contributed by atoms with Crippen LogP contribution < -0.4 is 5.32 Å². The largest absolute Gasteiger partial charge is 0.416 e. The van der Waals surface area contributed by atoms with Crippen molar-refractivity contribution in [3.05, 3.63) is 54.0 Å². The molecule has 118 valence electrons. The van der Waals surface area contributed by atoms with E-state index in [1.54, 1.807) is 12.3 Å². The van der Waals surface area contributed by atoms with Crippen LogP contribution in [0.1, 0.15) is 11.3 Å². The molecule has 0 spiro atoms. The minimum absolute atomic E-state index is 0.0947. The Labute approximate surface area is 126 Å². The number of aliphatic hydroxyl groups is 1. The van der Waals surface area contributed by atoms with Gasteiger partial charge in [-0.25, -0.2) is 4.98 Å². The second-order valence-electron chi connectivity index (χ2n) is 4.88. The van der Waals surface area contributed by atoms with Gasteiger partial charge < -0.3 is 10.4 Å². The first-order valence-electron chi connectivity index (χ1n) is 6.77. The van der Waals surface area contributed by atoms with Crippen molar-refractivity contribution >= 4 is 5.82 Å². The van der Waals surface area contributed by atoms with E-state index in [0.29, 0.717) is 13.0 Å². The van der Waals surface area contributed by atoms with Gasteiger partial charge >= 0.3 is 6.18 Å². The van der Waals surface area contributed by atoms with Crippen LogP contribution in [-0.4, -0.2) is 28.2 Å². The fourth-order valence-corrected chi connectivity index (χ4v) is 1.97. The zero-order valence-electron chi connectivity index (χ0n) is 11.7. The zero-order valence-corrected chi connectivity index (χ0v) is 11.7. The van der Waals surface area contributed by atoms with E-state index in [0.717, 1.165) is 24.0 Å². The van der Waals surface area contributed by atoms with Crippen LogP contribution in [0.5, 0.6) is 0 Å². The summed E-state index contributed by atoms with van der Waals surface area (Å²) in [5, 5.41) is 12.2.